The standard InChI is InChI=1S/C24H35N3O3.HI/c1-6-25-24(27-18(3)22-14-17(2)12-13-23(22)29-5)26-15-21(28)16-30-19(4)20-10-8-7-9-11-20;/h7-14,18-19,21,28H,6,15-16H2,1-5H3,(H2,25,26,27);1H. The lowest BCUT2D eigenvalue weighted by molar-refractivity contribution is 0.00111. The number of benzene rings is 2. The molecule has 31 heavy (non-hydrogen) atoms. The second-order valence-electron chi connectivity index (χ2n) is 7.37. The summed E-state index contributed by atoms with van der Waals surface area (Å²) in [5.41, 5.74) is 3.31. The molecule has 3 unspecified atom stereocenters. The molecule has 3 atom stereocenters. The minimum absolute atomic E-state index is 0. The minimum Gasteiger partial charge on any atom is -0.496 e. The fourth-order valence-electron chi connectivity index (χ4n) is 3.12. The largest absolute Gasteiger partial charge is 0.496 e. The van der Waals surface area contributed by atoms with E-state index in [1.165, 1.54) is 5.56 Å². The van der Waals surface area contributed by atoms with Gasteiger partial charge in [-0.05, 0) is 39.3 Å². The van der Waals surface area contributed by atoms with Gasteiger partial charge in [-0.15, -0.1) is 24.0 Å². The number of halogens is 1. The van der Waals surface area contributed by atoms with Crippen LogP contribution in [0.25, 0.3) is 0 Å². The fourth-order valence-corrected chi connectivity index (χ4v) is 3.12. The number of nitrogens with zero attached hydrogens (tertiary/aromatic N) is 1. The van der Waals surface area contributed by atoms with Gasteiger partial charge < -0.3 is 25.2 Å². The van der Waals surface area contributed by atoms with Crippen LogP contribution in [0.15, 0.2) is 53.5 Å². The third-order valence-electron chi connectivity index (χ3n) is 4.82. The van der Waals surface area contributed by atoms with Gasteiger partial charge in [-0.3, -0.25) is 4.99 Å². The average Bonchev–Trinajstić information content (AvgIpc) is 2.76. The first-order valence-electron chi connectivity index (χ1n) is 10.5. The van der Waals surface area contributed by atoms with Crippen molar-refractivity contribution in [3.8, 4) is 5.75 Å². The number of aryl methyl sites for hydroxylation is 1. The number of nitrogens with one attached hydrogen (secondary N) is 2. The molecule has 2 rings (SSSR count). The summed E-state index contributed by atoms with van der Waals surface area (Å²) in [5, 5.41) is 16.9. The zero-order chi connectivity index (χ0) is 21.9. The molecule has 0 bridgehead atoms. The van der Waals surface area contributed by atoms with E-state index in [4.69, 9.17) is 9.47 Å². The molecule has 0 saturated heterocycles. The van der Waals surface area contributed by atoms with Crippen LogP contribution in [0.2, 0.25) is 0 Å². The molecule has 2 aromatic carbocycles. The second kappa shape index (κ2) is 14.3. The van der Waals surface area contributed by atoms with Gasteiger partial charge in [0.05, 0.1) is 38.5 Å². The Labute approximate surface area is 203 Å². The summed E-state index contributed by atoms with van der Waals surface area (Å²) in [6.45, 7) is 9.30. The minimum atomic E-state index is -0.685. The van der Waals surface area contributed by atoms with Gasteiger partial charge in [0.1, 0.15) is 5.75 Å². The summed E-state index contributed by atoms with van der Waals surface area (Å²) in [5.74, 6) is 1.48. The van der Waals surface area contributed by atoms with Crippen molar-refractivity contribution in [1.29, 1.82) is 0 Å². The molecule has 0 aromatic heterocycles. The quantitative estimate of drug-likeness (QED) is 0.237. The van der Waals surface area contributed by atoms with Crippen LogP contribution >= 0.6 is 24.0 Å². The highest BCUT2D eigenvalue weighted by Crippen LogP contribution is 2.26. The van der Waals surface area contributed by atoms with E-state index in [9.17, 15) is 5.11 Å². The summed E-state index contributed by atoms with van der Waals surface area (Å²) in [4.78, 5) is 4.53. The molecule has 0 aliphatic heterocycles. The number of methoxy groups -OCH3 is 1. The predicted octanol–water partition coefficient (Wildman–Crippen LogP) is 4.38. The van der Waals surface area contributed by atoms with Crippen LogP contribution in [0, 0.1) is 6.92 Å². The van der Waals surface area contributed by atoms with E-state index >= 15 is 0 Å². The third-order valence-corrected chi connectivity index (χ3v) is 4.82. The Kier molecular flexibility index (Phi) is 12.5. The lowest BCUT2D eigenvalue weighted by atomic mass is 10.0. The Balaban J connectivity index is 0.00000480. The molecule has 6 nitrogen and oxygen atoms in total. The molecule has 0 radical (unpaired) electrons. The van der Waals surface area contributed by atoms with Crippen LogP contribution in [0.3, 0.4) is 0 Å². The number of aliphatic imine (C=N–C) groups is 1. The van der Waals surface area contributed by atoms with Gasteiger partial charge in [-0.2, -0.15) is 0 Å². The monoisotopic (exact) mass is 541 g/mol. The fraction of sp³-hybridized carbons (Fsp3) is 0.458. The highest BCUT2D eigenvalue weighted by molar-refractivity contribution is 14.0. The van der Waals surface area contributed by atoms with E-state index in [0.29, 0.717) is 5.96 Å². The third kappa shape index (κ3) is 9.04. The number of rotatable bonds is 10. The summed E-state index contributed by atoms with van der Waals surface area (Å²) >= 11 is 0. The van der Waals surface area contributed by atoms with E-state index in [1.807, 2.05) is 56.3 Å². The zero-order valence-electron chi connectivity index (χ0n) is 19.1. The van der Waals surface area contributed by atoms with E-state index < -0.39 is 6.10 Å². The summed E-state index contributed by atoms with van der Waals surface area (Å²) in [6.07, 6.45) is -0.763. The van der Waals surface area contributed by atoms with Crippen molar-refractivity contribution in [2.45, 2.75) is 45.9 Å². The van der Waals surface area contributed by atoms with Crippen molar-refractivity contribution < 1.29 is 14.6 Å². The van der Waals surface area contributed by atoms with Crippen LogP contribution in [0.5, 0.6) is 5.75 Å². The highest BCUT2D eigenvalue weighted by Gasteiger charge is 2.14. The van der Waals surface area contributed by atoms with Gasteiger partial charge in [-0.1, -0.05) is 48.0 Å². The van der Waals surface area contributed by atoms with Gasteiger partial charge in [-0.25, -0.2) is 0 Å². The molecule has 7 heteroatoms. The van der Waals surface area contributed by atoms with Crippen molar-refractivity contribution in [2.75, 3.05) is 26.8 Å². The second-order valence-corrected chi connectivity index (χ2v) is 7.37. The first-order valence-corrected chi connectivity index (χ1v) is 10.5. The van der Waals surface area contributed by atoms with Crippen LogP contribution < -0.4 is 15.4 Å². The topological polar surface area (TPSA) is 75.1 Å². The van der Waals surface area contributed by atoms with Crippen LogP contribution in [-0.2, 0) is 4.74 Å². The lowest BCUT2D eigenvalue weighted by Gasteiger charge is -2.21. The number of hydrogen-bond acceptors (Lipinski definition) is 4. The van der Waals surface area contributed by atoms with Crippen molar-refractivity contribution >= 4 is 29.9 Å². The number of aliphatic hydroxyl groups is 1. The number of hydrogen-bond donors (Lipinski definition) is 3. The number of ether oxygens (including phenoxy) is 2. The van der Waals surface area contributed by atoms with Gasteiger partial charge in [0, 0.05) is 12.1 Å². The average molecular weight is 541 g/mol. The number of guanidine groups is 1. The lowest BCUT2D eigenvalue weighted by Crippen LogP contribution is -2.39. The SMILES string of the molecule is CCNC(=NCC(O)COC(C)c1ccccc1)NC(C)c1cc(C)ccc1OC.I. The maximum atomic E-state index is 10.3. The summed E-state index contributed by atoms with van der Waals surface area (Å²) < 4.78 is 11.3. The molecule has 0 aliphatic rings. The Hall–Kier alpha value is -1.84. The van der Waals surface area contributed by atoms with Gasteiger partial charge in [0.15, 0.2) is 5.96 Å². The molecule has 0 aliphatic carbocycles. The Morgan fingerprint density at radius 1 is 1.13 bits per heavy atom. The first kappa shape index (κ1) is 27.2. The van der Waals surface area contributed by atoms with Gasteiger partial charge >= 0.3 is 0 Å². The molecule has 0 spiro atoms. The van der Waals surface area contributed by atoms with Crippen molar-refractivity contribution in [2.24, 2.45) is 4.99 Å². The zero-order valence-corrected chi connectivity index (χ0v) is 21.4. The van der Waals surface area contributed by atoms with Gasteiger partial charge in [0.25, 0.3) is 0 Å². The predicted molar refractivity (Wildman–Crippen MR) is 137 cm³/mol. The molecule has 0 heterocycles. The van der Waals surface area contributed by atoms with E-state index in [-0.39, 0.29) is 49.3 Å². The van der Waals surface area contributed by atoms with E-state index in [2.05, 4.69) is 35.5 Å². The Bertz CT molecular complexity index is 802. The molecule has 3 N–H and O–H groups in total. The van der Waals surface area contributed by atoms with Gasteiger partial charge in [0.2, 0.25) is 0 Å². The summed E-state index contributed by atoms with van der Waals surface area (Å²) in [6, 6.07) is 16.1. The Morgan fingerprint density at radius 2 is 1.84 bits per heavy atom. The normalized spacial score (nSPS) is 14.2. The molecular formula is C24H36IN3O3. The molecular weight excluding hydrogens is 505 g/mol. The molecule has 0 fully saturated rings. The van der Waals surface area contributed by atoms with Crippen molar-refractivity contribution in [1.82, 2.24) is 10.6 Å². The van der Waals surface area contributed by atoms with E-state index in [1.54, 1.807) is 7.11 Å². The Morgan fingerprint density at radius 3 is 2.48 bits per heavy atom. The van der Waals surface area contributed by atoms with Crippen LogP contribution in [-0.4, -0.2) is 44.0 Å². The van der Waals surface area contributed by atoms with Crippen molar-refractivity contribution in [3.05, 3.63) is 65.2 Å². The molecule has 172 valence electrons. The number of aliphatic hydroxyl groups excluding tert-OH is 1. The first-order chi connectivity index (χ1) is 14.4. The highest BCUT2D eigenvalue weighted by atomic mass is 127. The van der Waals surface area contributed by atoms with Crippen LogP contribution in [0.1, 0.15) is 49.6 Å². The maximum absolute atomic E-state index is 10.3. The molecule has 0 amide bonds. The smallest absolute Gasteiger partial charge is 0.191 e. The van der Waals surface area contributed by atoms with Crippen molar-refractivity contribution in [3.63, 3.8) is 0 Å². The molecule has 0 saturated carbocycles. The van der Waals surface area contributed by atoms with E-state index in [0.717, 1.165) is 23.4 Å². The maximum Gasteiger partial charge on any atom is 0.191 e. The van der Waals surface area contributed by atoms with Crippen LogP contribution in [0.4, 0.5) is 0 Å². The molecule has 2 aromatic rings. The summed E-state index contributed by atoms with van der Waals surface area (Å²) in [7, 11) is 1.67.